The van der Waals surface area contributed by atoms with E-state index in [0.717, 1.165) is 38.4 Å². The second kappa shape index (κ2) is 6.96. The smallest absolute Gasteiger partial charge is 0.109 e. The molecule has 1 saturated heterocycles. The van der Waals surface area contributed by atoms with Crippen molar-refractivity contribution < 1.29 is 9.15 Å². The van der Waals surface area contributed by atoms with Crippen LogP contribution in [0, 0.1) is 0 Å². The van der Waals surface area contributed by atoms with E-state index in [-0.39, 0.29) is 0 Å². The zero-order valence-corrected chi connectivity index (χ0v) is 12.7. The number of furan rings is 1. The van der Waals surface area contributed by atoms with Crippen LogP contribution in [0.5, 0.6) is 0 Å². The summed E-state index contributed by atoms with van der Waals surface area (Å²) in [4.78, 5) is 0. The van der Waals surface area contributed by atoms with Gasteiger partial charge in [-0.15, -0.1) is 0 Å². The van der Waals surface area contributed by atoms with Gasteiger partial charge in [-0.1, -0.05) is 0 Å². The molecule has 1 aliphatic heterocycles. The highest BCUT2D eigenvalue weighted by Crippen LogP contribution is 2.15. The summed E-state index contributed by atoms with van der Waals surface area (Å²) < 4.78 is 13.5. The lowest BCUT2D eigenvalue weighted by atomic mass is 10.2. The van der Waals surface area contributed by atoms with Crippen LogP contribution in [0.1, 0.15) is 36.9 Å². The fourth-order valence-corrected chi connectivity index (χ4v) is 3.03. The van der Waals surface area contributed by atoms with Crippen molar-refractivity contribution in [2.75, 3.05) is 13.2 Å². The third-order valence-corrected chi connectivity index (χ3v) is 4.12. The van der Waals surface area contributed by atoms with Crippen LogP contribution in [0.4, 0.5) is 0 Å². The van der Waals surface area contributed by atoms with Crippen molar-refractivity contribution >= 4 is 0 Å². The van der Waals surface area contributed by atoms with E-state index in [1.165, 1.54) is 24.2 Å². The summed E-state index contributed by atoms with van der Waals surface area (Å²) in [5.74, 6) is 1.02. The van der Waals surface area contributed by atoms with Crippen LogP contribution < -0.4 is 5.32 Å². The van der Waals surface area contributed by atoms with Gasteiger partial charge in [0.05, 0.1) is 12.4 Å². The van der Waals surface area contributed by atoms with Gasteiger partial charge in [-0.2, -0.15) is 0 Å². The molecule has 0 bridgehead atoms. The van der Waals surface area contributed by atoms with Crippen LogP contribution in [0.2, 0.25) is 0 Å². The summed E-state index contributed by atoms with van der Waals surface area (Å²) in [5, 5.41) is 3.52. The predicted molar refractivity (Wildman–Crippen MR) is 82.3 cm³/mol. The SMILES string of the molecule is CCn1c(CNCC2CCCO2)ccc1Cc1ccco1. The number of hydrogen-bond acceptors (Lipinski definition) is 3. The molecule has 0 aliphatic carbocycles. The third-order valence-electron chi connectivity index (χ3n) is 4.12. The fraction of sp³-hybridized carbons (Fsp3) is 0.529. The molecule has 4 heteroatoms. The predicted octanol–water partition coefficient (Wildman–Crippen LogP) is 2.96. The van der Waals surface area contributed by atoms with Crippen LogP contribution in [-0.4, -0.2) is 23.8 Å². The summed E-state index contributed by atoms with van der Waals surface area (Å²) in [7, 11) is 0. The minimum atomic E-state index is 0.401. The van der Waals surface area contributed by atoms with Crippen LogP contribution in [0.3, 0.4) is 0 Å². The van der Waals surface area contributed by atoms with Gasteiger partial charge in [0.2, 0.25) is 0 Å². The highest BCUT2D eigenvalue weighted by Gasteiger charge is 2.15. The maximum atomic E-state index is 5.64. The Kier molecular flexibility index (Phi) is 4.78. The van der Waals surface area contributed by atoms with Crippen molar-refractivity contribution in [1.82, 2.24) is 9.88 Å². The van der Waals surface area contributed by atoms with Gasteiger partial charge in [0.1, 0.15) is 5.76 Å². The number of hydrogen-bond donors (Lipinski definition) is 1. The standard InChI is InChI=1S/C17H24N2O2/c1-2-19-14(11-16-5-3-9-20-16)7-8-15(19)12-18-13-17-6-4-10-21-17/h3,5,7-9,17-18H,2,4,6,10-13H2,1H3. The lowest BCUT2D eigenvalue weighted by Gasteiger charge is -2.13. The Morgan fingerprint density at radius 2 is 2.19 bits per heavy atom. The topological polar surface area (TPSA) is 39.3 Å². The second-order valence-electron chi connectivity index (χ2n) is 5.58. The van der Waals surface area contributed by atoms with E-state index in [0.29, 0.717) is 6.10 Å². The molecule has 1 fully saturated rings. The van der Waals surface area contributed by atoms with E-state index in [2.05, 4.69) is 28.9 Å². The van der Waals surface area contributed by atoms with Crippen molar-refractivity contribution in [3.8, 4) is 0 Å². The Labute approximate surface area is 126 Å². The molecule has 2 aromatic rings. The van der Waals surface area contributed by atoms with Gasteiger partial charge < -0.3 is 19.0 Å². The molecule has 1 atom stereocenters. The Morgan fingerprint density at radius 1 is 1.29 bits per heavy atom. The van der Waals surface area contributed by atoms with E-state index >= 15 is 0 Å². The summed E-state index contributed by atoms with van der Waals surface area (Å²) in [6.07, 6.45) is 5.37. The summed E-state index contributed by atoms with van der Waals surface area (Å²) in [6.45, 7) is 5.94. The molecule has 1 aliphatic rings. The van der Waals surface area contributed by atoms with Crippen molar-refractivity contribution in [3.63, 3.8) is 0 Å². The minimum absolute atomic E-state index is 0.401. The second-order valence-corrected chi connectivity index (χ2v) is 5.58. The molecule has 3 heterocycles. The van der Waals surface area contributed by atoms with Gasteiger partial charge in [-0.25, -0.2) is 0 Å². The number of nitrogens with zero attached hydrogens (tertiary/aromatic N) is 1. The van der Waals surface area contributed by atoms with E-state index in [1.54, 1.807) is 6.26 Å². The van der Waals surface area contributed by atoms with Crippen molar-refractivity contribution in [2.45, 2.75) is 45.4 Å². The summed E-state index contributed by atoms with van der Waals surface area (Å²) in [6, 6.07) is 8.39. The number of rotatable bonds is 7. The molecule has 114 valence electrons. The first-order chi connectivity index (χ1) is 10.4. The average molecular weight is 288 g/mol. The van der Waals surface area contributed by atoms with Gasteiger partial charge in [0.15, 0.2) is 0 Å². The first-order valence-corrected chi connectivity index (χ1v) is 7.89. The molecule has 0 spiro atoms. The fourth-order valence-electron chi connectivity index (χ4n) is 3.03. The molecule has 2 aromatic heterocycles. The molecule has 1 N–H and O–H groups in total. The molecule has 0 aromatic carbocycles. The molecule has 0 amide bonds. The largest absolute Gasteiger partial charge is 0.469 e. The van der Waals surface area contributed by atoms with E-state index in [4.69, 9.17) is 9.15 Å². The van der Waals surface area contributed by atoms with Crippen molar-refractivity contribution in [2.24, 2.45) is 0 Å². The first kappa shape index (κ1) is 14.4. The molecular weight excluding hydrogens is 264 g/mol. The number of nitrogens with one attached hydrogen (secondary N) is 1. The molecule has 0 radical (unpaired) electrons. The third kappa shape index (κ3) is 3.57. The summed E-state index contributed by atoms with van der Waals surface area (Å²) in [5.41, 5.74) is 2.64. The normalized spacial score (nSPS) is 18.4. The monoisotopic (exact) mass is 288 g/mol. The average Bonchev–Trinajstić information content (AvgIpc) is 3.22. The molecule has 1 unspecified atom stereocenters. The number of aromatic nitrogens is 1. The maximum Gasteiger partial charge on any atom is 0.109 e. The van der Waals surface area contributed by atoms with Crippen molar-refractivity contribution in [1.29, 1.82) is 0 Å². The van der Waals surface area contributed by atoms with E-state index in [9.17, 15) is 0 Å². The van der Waals surface area contributed by atoms with Gasteiger partial charge in [0, 0.05) is 44.0 Å². The quantitative estimate of drug-likeness (QED) is 0.851. The Balaban J connectivity index is 1.58. The van der Waals surface area contributed by atoms with Gasteiger partial charge >= 0.3 is 0 Å². The molecule has 4 nitrogen and oxygen atoms in total. The maximum absolute atomic E-state index is 5.64. The highest BCUT2D eigenvalue weighted by atomic mass is 16.5. The Bertz CT molecular complexity index is 539. The van der Waals surface area contributed by atoms with Crippen LogP contribution >= 0.6 is 0 Å². The molecular formula is C17H24N2O2. The lowest BCUT2D eigenvalue weighted by molar-refractivity contribution is 0.110. The first-order valence-electron chi connectivity index (χ1n) is 7.89. The van der Waals surface area contributed by atoms with Gasteiger partial charge in [-0.05, 0) is 44.0 Å². The lowest BCUT2D eigenvalue weighted by Crippen LogP contribution is -2.26. The van der Waals surface area contributed by atoms with Crippen LogP contribution in [0.25, 0.3) is 0 Å². The minimum Gasteiger partial charge on any atom is -0.469 e. The zero-order chi connectivity index (χ0) is 14.5. The zero-order valence-electron chi connectivity index (χ0n) is 12.7. The Morgan fingerprint density at radius 3 is 2.90 bits per heavy atom. The van der Waals surface area contributed by atoms with Gasteiger partial charge in [0.25, 0.3) is 0 Å². The summed E-state index contributed by atoms with van der Waals surface area (Å²) >= 11 is 0. The van der Waals surface area contributed by atoms with E-state index in [1.807, 2.05) is 12.1 Å². The van der Waals surface area contributed by atoms with Gasteiger partial charge in [-0.3, -0.25) is 0 Å². The molecule has 3 rings (SSSR count). The van der Waals surface area contributed by atoms with Crippen LogP contribution in [0.15, 0.2) is 34.9 Å². The molecule has 0 saturated carbocycles. The molecule has 21 heavy (non-hydrogen) atoms. The highest BCUT2D eigenvalue weighted by molar-refractivity contribution is 5.21. The van der Waals surface area contributed by atoms with Crippen LogP contribution in [-0.2, 0) is 24.2 Å². The Hall–Kier alpha value is -1.52. The van der Waals surface area contributed by atoms with Crippen molar-refractivity contribution in [3.05, 3.63) is 47.7 Å². The van der Waals surface area contributed by atoms with E-state index < -0.39 is 0 Å². The number of ether oxygens (including phenoxy) is 1.